The Balaban J connectivity index is 1.25. The van der Waals surface area contributed by atoms with Gasteiger partial charge < -0.3 is 19.3 Å². The Morgan fingerprint density at radius 1 is 0.600 bits per heavy atom. The molecule has 2 aromatic carbocycles. The third-order valence-corrected chi connectivity index (χ3v) is 7.54. The molecule has 0 radical (unpaired) electrons. The topological polar surface area (TPSA) is 33.7 Å². The molecule has 6 heteroatoms. The van der Waals surface area contributed by atoms with Gasteiger partial charge in [0.05, 0.1) is 26.4 Å². The maximum atomic E-state index is 7.67. The summed E-state index contributed by atoms with van der Waals surface area (Å²) in [6, 6.07) is 15.5. The Hall–Kier alpha value is -3.58. The van der Waals surface area contributed by atoms with Crippen molar-refractivity contribution in [3.63, 3.8) is 0 Å². The van der Waals surface area contributed by atoms with Crippen LogP contribution in [0.25, 0.3) is 21.8 Å². The van der Waals surface area contributed by atoms with Crippen LogP contribution < -0.4 is 9.47 Å². The van der Waals surface area contributed by atoms with Gasteiger partial charge in [-0.3, -0.25) is 9.69 Å². The summed E-state index contributed by atoms with van der Waals surface area (Å²) in [6.45, 7) is 23.8. The lowest BCUT2D eigenvalue weighted by molar-refractivity contribution is 0.205. The van der Waals surface area contributed by atoms with Crippen molar-refractivity contribution < 1.29 is 9.47 Å². The largest absolute Gasteiger partial charge is 0.494 e. The van der Waals surface area contributed by atoms with Gasteiger partial charge in [-0.25, -0.2) is 0 Å². The van der Waals surface area contributed by atoms with E-state index < -0.39 is 0 Å². The predicted octanol–water partition coefficient (Wildman–Crippen LogP) is 7.42. The van der Waals surface area contributed by atoms with Crippen LogP contribution in [-0.4, -0.2) is 62.3 Å². The van der Waals surface area contributed by atoms with Crippen LogP contribution in [0.5, 0.6) is 11.5 Å². The van der Waals surface area contributed by atoms with Gasteiger partial charge in [-0.05, 0) is 100 Å². The molecule has 2 aromatic rings. The van der Waals surface area contributed by atoms with E-state index in [1.165, 1.54) is 64.7 Å². The molecule has 0 N–H and O–H groups in total. The summed E-state index contributed by atoms with van der Waals surface area (Å²) in [5, 5.41) is 0. The fraction of sp³-hybridized carbons (Fsp3) is 0.471. The quantitative estimate of drug-likeness (QED) is 0.151. The highest BCUT2D eigenvalue weighted by atomic mass is 16.5. The lowest BCUT2D eigenvalue weighted by Gasteiger charge is -2.26. The van der Waals surface area contributed by atoms with Crippen molar-refractivity contribution in [3.8, 4) is 11.5 Å². The Kier molecular flexibility index (Phi) is 12.1. The Morgan fingerprint density at radius 2 is 0.975 bits per heavy atom. The molecular weight excluding hydrogens is 496 g/mol. The van der Waals surface area contributed by atoms with Gasteiger partial charge in [0.15, 0.2) is 11.4 Å². The van der Waals surface area contributed by atoms with Gasteiger partial charge in [-0.1, -0.05) is 49.3 Å². The van der Waals surface area contributed by atoms with Crippen molar-refractivity contribution in [2.45, 2.75) is 51.4 Å². The first-order valence-electron chi connectivity index (χ1n) is 14.8. The zero-order valence-corrected chi connectivity index (χ0v) is 23.7. The second kappa shape index (κ2) is 16.5. The summed E-state index contributed by atoms with van der Waals surface area (Å²) in [5.41, 5.74) is 2.38. The van der Waals surface area contributed by atoms with Crippen LogP contribution in [0, 0.1) is 13.1 Å². The number of nitrogens with zero attached hydrogens (tertiary/aromatic N) is 4. The summed E-state index contributed by atoms with van der Waals surface area (Å²) >= 11 is 0. The summed E-state index contributed by atoms with van der Waals surface area (Å²) in [6.07, 6.45) is 13.5. The lowest BCUT2D eigenvalue weighted by Crippen LogP contribution is -2.31. The number of hydrogen-bond donors (Lipinski definition) is 0. The monoisotopic (exact) mass is 538 g/mol. The van der Waals surface area contributed by atoms with E-state index in [0.29, 0.717) is 24.6 Å². The molecule has 2 heterocycles. The zero-order valence-electron chi connectivity index (χ0n) is 23.7. The number of piperidine rings is 2. The molecule has 0 bridgehead atoms. The first-order chi connectivity index (χ1) is 19.7. The standard InChI is InChI=1S/C34H42N4O2/c1-35-33(27-29-11-15-31(16-12-29)39-25-9-23-37-19-5-3-6-20-37)34(36-2)28-30-13-17-32(18-14-30)40-26-10-24-38-21-7-4-8-22-38/h11-18,27-28H,3-10,19-26H2. The minimum atomic E-state index is 0.322. The van der Waals surface area contributed by atoms with Gasteiger partial charge in [0, 0.05) is 13.1 Å². The third kappa shape index (κ3) is 9.87. The minimum absolute atomic E-state index is 0.322. The van der Waals surface area contributed by atoms with Crippen molar-refractivity contribution in [3.05, 3.63) is 93.9 Å². The molecule has 2 fully saturated rings. The molecule has 2 aliphatic heterocycles. The normalized spacial score (nSPS) is 17.1. The summed E-state index contributed by atoms with van der Waals surface area (Å²) in [7, 11) is 0. The molecule has 0 atom stereocenters. The highest BCUT2D eigenvalue weighted by Crippen LogP contribution is 2.23. The molecule has 0 saturated carbocycles. The van der Waals surface area contributed by atoms with Crippen LogP contribution in [0.4, 0.5) is 0 Å². The minimum Gasteiger partial charge on any atom is -0.494 e. The number of rotatable bonds is 13. The van der Waals surface area contributed by atoms with E-state index in [0.717, 1.165) is 48.6 Å². The number of benzene rings is 2. The Labute approximate surface area is 240 Å². The van der Waals surface area contributed by atoms with E-state index >= 15 is 0 Å². The highest BCUT2D eigenvalue weighted by molar-refractivity contribution is 5.70. The van der Waals surface area contributed by atoms with Crippen molar-refractivity contribution >= 4 is 12.2 Å². The smallest absolute Gasteiger partial charge is 0.195 e. The van der Waals surface area contributed by atoms with Gasteiger partial charge in [0.25, 0.3) is 0 Å². The molecule has 0 spiro atoms. The molecule has 0 aromatic heterocycles. The number of hydrogen-bond acceptors (Lipinski definition) is 4. The maximum Gasteiger partial charge on any atom is 0.195 e. The van der Waals surface area contributed by atoms with Gasteiger partial charge in [0.2, 0.25) is 0 Å². The lowest BCUT2D eigenvalue weighted by atomic mass is 10.1. The van der Waals surface area contributed by atoms with Gasteiger partial charge in [0.1, 0.15) is 11.5 Å². The summed E-state index contributed by atoms with van der Waals surface area (Å²) < 4.78 is 11.8. The molecule has 2 saturated heterocycles. The van der Waals surface area contributed by atoms with Crippen molar-refractivity contribution in [2.24, 2.45) is 0 Å². The van der Waals surface area contributed by atoms with Crippen LogP contribution >= 0.6 is 0 Å². The second-order valence-corrected chi connectivity index (χ2v) is 10.6. The molecule has 210 valence electrons. The van der Waals surface area contributed by atoms with Gasteiger partial charge in [-0.2, -0.15) is 0 Å². The van der Waals surface area contributed by atoms with Crippen molar-refractivity contribution in [1.29, 1.82) is 0 Å². The van der Waals surface area contributed by atoms with Crippen LogP contribution in [0.3, 0.4) is 0 Å². The van der Waals surface area contributed by atoms with E-state index in [4.69, 9.17) is 22.6 Å². The molecule has 4 rings (SSSR count). The molecule has 6 nitrogen and oxygen atoms in total. The molecule has 0 aliphatic carbocycles. The van der Waals surface area contributed by atoms with Crippen molar-refractivity contribution in [1.82, 2.24) is 9.80 Å². The highest BCUT2D eigenvalue weighted by Gasteiger charge is 2.11. The Morgan fingerprint density at radius 3 is 1.32 bits per heavy atom. The molecule has 40 heavy (non-hydrogen) atoms. The van der Waals surface area contributed by atoms with Crippen LogP contribution in [0.1, 0.15) is 62.5 Å². The molecular formula is C34H42N4O2. The first-order valence-corrected chi connectivity index (χ1v) is 14.8. The van der Waals surface area contributed by atoms with E-state index in [-0.39, 0.29) is 0 Å². The van der Waals surface area contributed by atoms with Crippen LogP contribution in [-0.2, 0) is 0 Å². The SMILES string of the molecule is [C-]#[N+]C(=Cc1ccc(OCCCN2CCCCC2)cc1)C(=Cc1ccc(OCCCN2CCCCC2)cc1)[N+]#[C-]. The zero-order chi connectivity index (χ0) is 27.8. The van der Waals surface area contributed by atoms with Crippen LogP contribution in [0.15, 0.2) is 59.9 Å². The number of ether oxygens (including phenoxy) is 2. The van der Waals surface area contributed by atoms with E-state index in [9.17, 15) is 0 Å². The van der Waals surface area contributed by atoms with Crippen molar-refractivity contribution in [2.75, 3.05) is 52.5 Å². The van der Waals surface area contributed by atoms with E-state index in [1.807, 2.05) is 48.5 Å². The third-order valence-electron chi connectivity index (χ3n) is 7.54. The van der Waals surface area contributed by atoms with Crippen LogP contribution in [0.2, 0.25) is 0 Å². The predicted molar refractivity (Wildman–Crippen MR) is 163 cm³/mol. The molecule has 2 aliphatic rings. The van der Waals surface area contributed by atoms with E-state index in [1.54, 1.807) is 12.2 Å². The fourth-order valence-electron chi connectivity index (χ4n) is 5.29. The van der Waals surface area contributed by atoms with Gasteiger partial charge >= 0.3 is 0 Å². The Bertz CT molecular complexity index is 1080. The molecule has 0 unspecified atom stereocenters. The molecule has 0 amide bonds. The van der Waals surface area contributed by atoms with E-state index in [2.05, 4.69) is 19.5 Å². The maximum absolute atomic E-state index is 7.67. The second-order valence-electron chi connectivity index (χ2n) is 10.6. The number of likely N-dealkylation sites (tertiary alicyclic amines) is 2. The summed E-state index contributed by atoms with van der Waals surface area (Å²) in [4.78, 5) is 12.3. The fourth-order valence-corrected chi connectivity index (χ4v) is 5.29. The van der Waals surface area contributed by atoms with Gasteiger partial charge in [-0.15, -0.1) is 0 Å². The average Bonchev–Trinajstić information content (AvgIpc) is 3.01. The first kappa shape index (κ1) is 29.4. The summed E-state index contributed by atoms with van der Waals surface area (Å²) in [5.74, 6) is 1.66. The average molecular weight is 539 g/mol.